The summed E-state index contributed by atoms with van der Waals surface area (Å²) in [4.78, 5) is 12.4. The first-order chi connectivity index (χ1) is 11.0. The van der Waals surface area contributed by atoms with E-state index < -0.39 is 17.5 Å². The number of hydrogen-bond donors (Lipinski definition) is 0. The fraction of sp³-hybridized carbons (Fsp3) is 0.294. The van der Waals surface area contributed by atoms with Crippen molar-refractivity contribution in [1.82, 2.24) is 9.78 Å². The lowest BCUT2D eigenvalue weighted by molar-refractivity contribution is -0.146. The quantitative estimate of drug-likeness (QED) is 0.641. The summed E-state index contributed by atoms with van der Waals surface area (Å²) in [6.07, 6.45) is 5.39. The maximum Gasteiger partial charge on any atom is 0.358 e. The summed E-state index contributed by atoms with van der Waals surface area (Å²) in [6.45, 7) is 2.10. The number of benzene rings is 1. The zero-order valence-electron chi connectivity index (χ0n) is 12.5. The highest BCUT2D eigenvalue weighted by atomic mass is 19.1. The first-order valence-corrected chi connectivity index (χ1v) is 7.13. The number of carbonyl (C=O) groups is 1. The van der Waals surface area contributed by atoms with E-state index >= 15 is 0 Å². The SMILES string of the molecule is C#CC1(OC(=O)c2cc(F)nn2[C@H](C)c2ccccc2)COC1. The van der Waals surface area contributed by atoms with Crippen molar-refractivity contribution in [1.29, 1.82) is 0 Å². The summed E-state index contributed by atoms with van der Waals surface area (Å²) in [5, 5.41) is 3.77. The molecule has 2 aromatic rings. The van der Waals surface area contributed by atoms with Gasteiger partial charge in [0.25, 0.3) is 0 Å². The standard InChI is InChI=1S/C17H15FN2O3/c1-3-17(10-22-11-17)23-16(21)14-9-15(18)19-20(14)12(2)13-7-5-4-6-8-13/h1,4-9,12H,10-11H2,2H3/t12-/m1/s1. The van der Waals surface area contributed by atoms with Crippen molar-refractivity contribution >= 4 is 5.97 Å². The normalized spacial score (nSPS) is 16.9. The van der Waals surface area contributed by atoms with Crippen molar-refractivity contribution in [3.8, 4) is 12.3 Å². The number of halogens is 1. The van der Waals surface area contributed by atoms with E-state index in [9.17, 15) is 9.18 Å². The monoisotopic (exact) mass is 314 g/mol. The molecule has 2 heterocycles. The molecule has 0 N–H and O–H groups in total. The molecular formula is C17H15FN2O3. The van der Waals surface area contributed by atoms with Crippen molar-refractivity contribution in [3.63, 3.8) is 0 Å². The van der Waals surface area contributed by atoms with Gasteiger partial charge in [0.2, 0.25) is 11.5 Å². The predicted octanol–water partition coefficient (Wildman–Crippen LogP) is 2.19. The Morgan fingerprint density at radius 2 is 2.17 bits per heavy atom. The number of aromatic nitrogens is 2. The minimum Gasteiger partial charge on any atom is -0.436 e. The van der Waals surface area contributed by atoms with Crippen LogP contribution in [0.3, 0.4) is 0 Å². The van der Waals surface area contributed by atoms with Crippen LogP contribution in [0.25, 0.3) is 0 Å². The summed E-state index contributed by atoms with van der Waals surface area (Å²) in [5.41, 5.74) is -0.165. The molecule has 0 saturated carbocycles. The number of rotatable bonds is 4. The maximum atomic E-state index is 13.6. The topological polar surface area (TPSA) is 53.3 Å². The van der Waals surface area contributed by atoms with E-state index in [0.29, 0.717) is 0 Å². The third-order valence-corrected chi connectivity index (χ3v) is 3.79. The zero-order valence-corrected chi connectivity index (χ0v) is 12.5. The second-order valence-corrected chi connectivity index (χ2v) is 5.40. The number of terminal acetylenes is 1. The Kier molecular flexibility index (Phi) is 3.89. The van der Waals surface area contributed by atoms with Crippen LogP contribution in [0.2, 0.25) is 0 Å². The van der Waals surface area contributed by atoms with Crippen LogP contribution in [0.4, 0.5) is 4.39 Å². The van der Waals surface area contributed by atoms with E-state index in [0.717, 1.165) is 11.6 Å². The van der Waals surface area contributed by atoms with Crippen LogP contribution >= 0.6 is 0 Å². The van der Waals surface area contributed by atoms with Gasteiger partial charge in [-0.2, -0.15) is 4.39 Å². The lowest BCUT2D eigenvalue weighted by atomic mass is 10.0. The minimum atomic E-state index is -1.07. The fourth-order valence-corrected chi connectivity index (χ4v) is 2.37. The molecule has 0 amide bonds. The van der Waals surface area contributed by atoms with E-state index in [1.54, 1.807) is 0 Å². The molecule has 5 nitrogen and oxygen atoms in total. The van der Waals surface area contributed by atoms with Gasteiger partial charge >= 0.3 is 5.97 Å². The average molecular weight is 314 g/mol. The van der Waals surface area contributed by atoms with Crippen molar-refractivity contribution in [2.75, 3.05) is 13.2 Å². The van der Waals surface area contributed by atoms with E-state index in [-0.39, 0.29) is 24.9 Å². The molecule has 3 rings (SSSR count). The maximum absolute atomic E-state index is 13.6. The Hall–Kier alpha value is -2.65. The number of esters is 1. The van der Waals surface area contributed by atoms with Crippen molar-refractivity contribution in [2.24, 2.45) is 0 Å². The van der Waals surface area contributed by atoms with Gasteiger partial charge in [-0.25, -0.2) is 9.48 Å². The highest BCUT2D eigenvalue weighted by molar-refractivity contribution is 5.88. The van der Waals surface area contributed by atoms with Gasteiger partial charge in [-0.05, 0) is 12.5 Å². The van der Waals surface area contributed by atoms with Crippen LogP contribution in [-0.2, 0) is 9.47 Å². The third-order valence-electron chi connectivity index (χ3n) is 3.79. The summed E-state index contributed by atoms with van der Waals surface area (Å²) < 4.78 is 25.3. The highest BCUT2D eigenvalue weighted by Gasteiger charge is 2.42. The number of ether oxygens (including phenoxy) is 2. The summed E-state index contributed by atoms with van der Waals surface area (Å²) >= 11 is 0. The Morgan fingerprint density at radius 1 is 1.48 bits per heavy atom. The lowest BCUT2D eigenvalue weighted by Crippen LogP contribution is -2.52. The van der Waals surface area contributed by atoms with Crippen LogP contribution in [-0.4, -0.2) is 34.6 Å². The summed E-state index contributed by atoms with van der Waals surface area (Å²) in [6, 6.07) is 10.1. The van der Waals surface area contributed by atoms with Gasteiger partial charge < -0.3 is 9.47 Å². The molecule has 0 unspecified atom stereocenters. The Balaban J connectivity index is 1.89. The molecule has 1 aliphatic heterocycles. The molecule has 1 aromatic heterocycles. The van der Waals surface area contributed by atoms with Gasteiger partial charge in [-0.1, -0.05) is 36.3 Å². The Morgan fingerprint density at radius 3 is 2.74 bits per heavy atom. The van der Waals surface area contributed by atoms with E-state index in [2.05, 4.69) is 11.0 Å². The molecule has 0 radical (unpaired) electrons. The minimum absolute atomic E-state index is 0.0142. The van der Waals surface area contributed by atoms with Crippen LogP contribution in [0.5, 0.6) is 0 Å². The van der Waals surface area contributed by atoms with Gasteiger partial charge in [0, 0.05) is 6.07 Å². The average Bonchev–Trinajstić information content (AvgIpc) is 2.93. The molecule has 1 aromatic carbocycles. The summed E-state index contributed by atoms with van der Waals surface area (Å²) in [5.74, 6) is 0.943. The Bertz CT molecular complexity index is 760. The van der Waals surface area contributed by atoms with Crippen LogP contribution in [0.1, 0.15) is 29.0 Å². The number of nitrogens with zero attached hydrogens (tertiary/aromatic N) is 2. The van der Waals surface area contributed by atoms with Gasteiger partial charge in [-0.15, -0.1) is 11.5 Å². The second-order valence-electron chi connectivity index (χ2n) is 5.40. The summed E-state index contributed by atoms with van der Waals surface area (Å²) in [7, 11) is 0. The largest absolute Gasteiger partial charge is 0.436 e. The molecule has 6 heteroatoms. The molecule has 1 atom stereocenters. The molecule has 23 heavy (non-hydrogen) atoms. The van der Waals surface area contributed by atoms with Crippen LogP contribution in [0.15, 0.2) is 36.4 Å². The van der Waals surface area contributed by atoms with E-state index in [1.807, 2.05) is 37.3 Å². The van der Waals surface area contributed by atoms with Gasteiger partial charge in [0.05, 0.1) is 6.04 Å². The molecule has 1 fully saturated rings. The van der Waals surface area contributed by atoms with Crippen molar-refractivity contribution in [2.45, 2.75) is 18.6 Å². The third kappa shape index (κ3) is 2.83. The fourth-order valence-electron chi connectivity index (χ4n) is 2.37. The van der Waals surface area contributed by atoms with Crippen LogP contribution in [0, 0.1) is 18.3 Å². The molecule has 1 saturated heterocycles. The molecule has 1 aliphatic rings. The van der Waals surface area contributed by atoms with Gasteiger partial charge in [0.1, 0.15) is 18.9 Å². The predicted molar refractivity (Wildman–Crippen MR) is 80.2 cm³/mol. The second kappa shape index (κ2) is 5.86. The van der Waals surface area contributed by atoms with Gasteiger partial charge in [0.15, 0.2) is 0 Å². The first-order valence-electron chi connectivity index (χ1n) is 7.13. The molecule has 0 spiro atoms. The first kappa shape index (κ1) is 15.3. The number of hydrogen-bond acceptors (Lipinski definition) is 4. The van der Waals surface area contributed by atoms with Crippen molar-refractivity contribution < 1.29 is 18.7 Å². The lowest BCUT2D eigenvalue weighted by Gasteiger charge is -2.35. The van der Waals surface area contributed by atoms with E-state index in [1.165, 1.54) is 4.68 Å². The molecule has 0 bridgehead atoms. The molecule has 0 aliphatic carbocycles. The van der Waals surface area contributed by atoms with Crippen molar-refractivity contribution in [3.05, 3.63) is 53.6 Å². The highest BCUT2D eigenvalue weighted by Crippen LogP contribution is 2.25. The molecule has 118 valence electrons. The van der Waals surface area contributed by atoms with E-state index in [4.69, 9.17) is 15.9 Å². The van der Waals surface area contributed by atoms with Crippen LogP contribution < -0.4 is 0 Å². The smallest absolute Gasteiger partial charge is 0.358 e. The number of carbonyl (C=O) groups excluding carboxylic acids is 1. The van der Waals surface area contributed by atoms with Gasteiger partial charge in [-0.3, -0.25) is 0 Å². The zero-order chi connectivity index (χ0) is 16.4. The Labute approximate surface area is 133 Å². The molecular weight excluding hydrogens is 299 g/mol.